The van der Waals surface area contributed by atoms with Crippen LogP contribution in [0.25, 0.3) is 0 Å². The highest BCUT2D eigenvalue weighted by Gasteiger charge is 2.19. The minimum atomic E-state index is -0.303. The molecule has 112 valence electrons. The van der Waals surface area contributed by atoms with Crippen LogP contribution in [0, 0.1) is 12.8 Å². The molecule has 0 fully saturated rings. The molecule has 0 saturated carbocycles. The molecule has 2 aromatic rings. The molecule has 1 aromatic carbocycles. The Hall–Kier alpha value is -2.14. The van der Waals surface area contributed by atoms with Crippen LogP contribution in [0.2, 0.25) is 0 Å². The summed E-state index contributed by atoms with van der Waals surface area (Å²) < 4.78 is 5.29. The zero-order valence-electron chi connectivity index (χ0n) is 12.6. The van der Waals surface area contributed by atoms with Gasteiger partial charge in [-0.2, -0.15) is 0 Å². The van der Waals surface area contributed by atoms with Crippen LogP contribution in [0.1, 0.15) is 47.4 Å². The van der Waals surface area contributed by atoms with Gasteiger partial charge in [0.1, 0.15) is 6.26 Å². The predicted octanol–water partition coefficient (Wildman–Crippen LogP) is 2.57. The first-order valence-electron chi connectivity index (χ1n) is 7.02. The molecular formula is C16H21N3O2. The normalized spacial score (nSPS) is 12.4. The highest BCUT2D eigenvalue weighted by atomic mass is 16.3. The predicted molar refractivity (Wildman–Crippen MR) is 80.6 cm³/mol. The number of benzene rings is 1. The van der Waals surface area contributed by atoms with Crippen LogP contribution in [0.4, 0.5) is 0 Å². The maximum absolute atomic E-state index is 12.1. The van der Waals surface area contributed by atoms with Crippen molar-refractivity contribution in [2.75, 3.05) is 0 Å². The molecule has 5 heteroatoms. The minimum absolute atomic E-state index is 0.200. The lowest BCUT2D eigenvalue weighted by atomic mass is 10.1. The van der Waals surface area contributed by atoms with Crippen LogP contribution in [0.5, 0.6) is 0 Å². The van der Waals surface area contributed by atoms with E-state index >= 15 is 0 Å². The van der Waals surface area contributed by atoms with Gasteiger partial charge in [0.05, 0.1) is 6.04 Å². The number of hydrogen-bond acceptors (Lipinski definition) is 4. The second-order valence-electron chi connectivity index (χ2n) is 5.45. The summed E-state index contributed by atoms with van der Waals surface area (Å²) in [5, 5.41) is 2.84. The van der Waals surface area contributed by atoms with E-state index in [0.717, 1.165) is 11.1 Å². The summed E-state index contributed by atoms with van der Waals surface area (Å²) in [6.45, 7) is 6.43. The van der Waals surface area contributed by atoms with Crippen LogP contribution in [0.3, 0.4) is 0 Å². The Morgan fingerprint density at radius 1 is 1.38 bits per heavy atom. The number of rotatable bonds is 5. The van der Waals surface area contributed by atoms with Crippen molar-refractivity contribution < 1.29 is 9.21 Å². The van der Waals surface area contributed by atoms with Crippen LogP contribution in [0.15, 0.2) is 34.9 Å². The molecule has 1 unspecified atom stereocenters. The number of nitrogens with two attached hydrogens (primary N) is 1. The lowest BCUT2D eigenvalue weighted by Crippen LogP contribution is -2.24. The summed E-state index contributed by atoms with van der Waals surface area (Å²) in [7, 11) is 0. The number of carbonyl (C=O) groups excluding carboxylic acids is 1. The summed E-state index contributed by atoms with van der Waals surface area (Å²) in [4.78, 5) is 16.2. The molecule has 0 saturated heterocycles. The molecule has 0 radical (unpaired) electrons. The highest BCUT2D eigenvalue weighted by molar-refractivity contribution is 5.91. The van der Waals surface area contributed by atoms with E-state index in [4.69, 9.17) is 10.2 Å². The fourth-order valence-corrected chi connectivity index (χ4v) is 1.90. The van der Waals surface area contributed by atoms with E-state index in [1.54, 1.807) is 0 Å². The van der Waals surface area contributed by atoms with E-state index in [2.05, 4.69) is 10.3 Å². The van der Waals surface area contributed by atoms with Crippen molar-refractivity contribution >= 4 is 5.91 Å². The Kier molecular flexibility index (Phi) is 4.75. The van der Waals surface area contributed by atoms with Gasteiger partial charge in [0.15, 0.2) is 5.69 Å². The first-order chi connectivity index (χ1) is 9.99. The largest absolute Gasteiger partial charge is 0.446 e. The Morgan fingerprint density at radius 3 is 2.76 bits per heavy atom. The van der Waals surface area contributed by atoms with Gasteiger partial charge < -0.3 is 15.5 Å². The Balaban J connectivity index is 2.00. The van der Waals surface area contributed by atoms with E-state index in [0.29, 0.717) is 12.4 Å². The van der Waals surface area contributed by atoms with Gasteiger partial charge in [-0.15, -0.1) is 0 Å². The summed E-state index contributed by atoms with van der Waals surface area (Å²) in [6, 6.07) is 7.61. The van der Waals surface area contributed by atoms with E-state index in [1.807, 2.05) is 45.0 Å². The van der Waals surface area contributed by atoms with E-state index in [9.17, 15) is 4.79 Å². The van der Waals surface area contributed by atoms with Gasteiger partial charge in [0, 0.05) is 6.54 Å². The topological polar surface area (TPSA) is 81.2 Å². The molecule has 5 nitrogen and oxygen atoms in total. The number of aryl methyl sites for hydroxylation is 1. The Morgan fingerprint density at radius 2 is 2.10 bits per heavy atom. The molecule has 3 N–H and O–H groups in total. The fraction of sp³-hybridized carbons (Fsp3) is 0.375. The minimum Gasteiger partial charge on any atom is -0.446 e. The van der Waals surface area contributed by atoms with Crippen molar-refractivity contribution in [2.24, 2.45) is 11.7 Å². The van der Waals surface area contributed by atoms with Crippen LogP contribution >= 0.6 is 0 Å². The molecule has 1 atom stereocenters. The van der Waals surface area contributed by atoms with Crippen molar-refractivity contribution in [3.05, 3.63) is 53.2 Å². The summed E-state index contributed by atoms with van der Waals surface area (Å²) >= 11 is 0. The van der Waals surface area contributed by atoms with Crippen molar-refractivity contribution in [1.29, 1.82) is 0 Å². The van der Waals surface area contributed by atoms with Gasteiger partial charge >= 0.3 is 0 Å². The molecular weight excluding hydrogens is 266 g/mol. The maximum atomic E-state index is 12.1. The second kappa shape index (κ2) is 6.54. The highest BCUT2D eigenvalue weighted by Crippen LogP contribution is 2.18. The van der Waals surface area contributed by atoms with E-state index in [1.165, 1.54) is 6.26 Å². The SMILES string of the molecule is Cc1ccccc1CNC(=O)c1coc(C(N)C(C)C)n1. The number of nitrogens with zero attached hydrogens (tertiary/aromatic N) is 1. The van der Waals surface area contributed by atoms with Gasteiger partial charge in [0.25, 0.3) is 5.91 Å². The molecule has 1 amide bonds. The molecule has 0 aliphatic rings. The van der Waals surface area contributed by atoms with Gasteiger partial charge in [0.2, 0.25) is 5.89 Å². The first-order valence-corrected chi connectivity index (χ1v) is 7.02. The number of oxazole rings is 1. The third-order valence-corrected chi connectivity index (χ3v) is 3.46. The number of nitrogens with one attached hydrogen (secondary N) is 1. The lowest BCUT2D eigenvalue weighted by Gasteiger charge is -2.10. The number of aromatic nitrogens is 1. The van der Waals surface area contributed by atoms with E-state index in [-0.39, 0.29) is 23.6 Å². The van der Waals surface area contributed by atoms with Gasteiger partial charge in [-0.25, -0.2) is 4.98 Å². The maximum Gasteiger partial charge on any atom is 0.273 e. The summed E-state index contributed by atoms with van der Waals surface area (Å²) in [6.07, 6.45) is 1.35. The Bertz CT molecular complexity index is 619. The average molecular weight is 287 g/mol. The summed E-state index contributed by atoms with van der Waals surface area (Å²) in [5.74, 6) is 0.335. The lowest BCUT2D eigenvalue weighted by molar-refractivity contribution is 0.0946. The molecule has 1 aromatic heterocycles. The third-order valence-electron chi connectivity index (χ3n) is 3.46. The Labute approximate surface area is 124 Å². The molecule has 0 aliphatic heterocycles. The van der Waals surface area contributed by atoms with Crippen LogP contribution in [-0.4, -0.2) is 10.9 Å². The van der Waals surface area contributed by atoms with Crippen LogP contribution in [-0.2, 0) is 6.54 Å². The third kappa shape index (κ3) is 3.70. The first kappa shape index (κ1) is 15.3. The average Bonchev–Trinajstić information content (AvgIpc) is 2.95. The summed E-state index contributed by atoms with van der Waals surface area (Å²) in [5.41, 5.74) is 8.42. The number of amides is 1. The van der Waals surface area contributed by atoms with Crippen molar-refractivity contribution in [3.8, 4) is 0 Å². The quantitative estimate of drug-likeness (QED) is 0.885. The van der Waals surface area contributed by atoms with Crippen LogP contribution < -0.4 is 11.1 Å². The molecule has 2 rings (SSSR count). The van der Waals surface area contributed by atoms with Crippen molar-refractivity contribution in [2.45, 2.75) is 33.4 Å². The standard InChI is InChI=1S/C16H21N3O2/c1-10(2)14(17)16-19-13(9-21-16)15(20)18-8-12-7-5-4-6-11(12)3/h4-7,9-10,14H,8,17H2,1-3H3,(H,18,20). The zero-order chi connectivity index (χ0) is 15.4. The number of hydrogen-bond donors (Lipinski definition) is 2. The molecule has 0 bridgehead atoms. The molecule has 21 heavy (non-hydrogen) atoms. The second-order valence-corrected chi connectivity index (χ2v) is 5.45. The van der Waals surface area contributed by atoms with Gasteiger partial charge in [-0.3, -0.25) is 4.79 Å². The molecule has 1 heterocycles. The van der Waals surface area contributed by atoms with E-state index < -0.39 is 0 Å². The zero-order valence-corrected chi connectivity index (χ0v) is 12.6. The fourth-order valence-electron chi connectivity index (χ4n) is 1.90. The molecule has 0 spiro atoms. The van der Waals surface area contributed by atoms with Gasteiger partial charge in [-0.1, -0.05) is 38.1 Å². The molecule has 0 aliphatic carbocycles. The smallest absolute Gasteiger partial charge is 0.273 e. The van der Waals surface area contributed by atoms with Crippen molar-refractivity contribution in [1.82, 2.24) is 10.3 Å². The number of carbonyl (C=O) groups is 1. The van der Waals surface area contributed by atoms with Gasteiger partial charge in [-0.05, 0) is 24.0 Å². The monoisotopic (exact) mass is 287 g/mol. The van der Waals surface area contributed by atoms with Crippen molar-refractivity contribution in [3.63, 3.8) is 0 Å².